The summed E-state index contributed by atoms with van der Waals surface area (Å²) in [6, 6.07) is 8.99. The summed E-state index contributed by atoms with van der Waals surface area (Å²) in [7, 11) is 1.00. The van der Waals surface area contributed by atoms with E-state index in [-0.39, 0.29) is 5.75 Å². The van der Waals surface area contributed by atoms with Crippen molar-refractivity contribution in [1.82, 2.24) is 0 Å². The number of aliphatic hydroxyl groups is 1. The molecular weight excluding hydrogens is 389 g/mol. The number of alkyl halides is 3. The Labute approximate surface area is 167 Å². The smallest absolute Gasteiger partial charge is 0.416 e. The van der Waals surface area contributed by atoms with Gasteiger partial charge in [0.15, 0.2) is 12.4 Å². The van der Waals surface area contributed by atoms with E-state index in [4.69, 9.17) is 9.84 Å². The number of hydrogen-bond donors (Lipinski definition) is 1. The Balaban J connectivity index is 0.00000190. The molecule has 0 saturated heterocycles. The van der Waals surface area contributed by atoms with Gasteiger partial charge in [0.05, 0.1) is 5.56 Å². The molecule has 0 aliphatic rings. The molecule has 2 rings (SSSR count). The molecule has 1 unspecified atom stereocenters. The molecule has 1 atom stereocenters. The third-order valence-corrected chi connectivity index (χ3v) is 4.81. The van der Waals surface area contributed by atoms with Crippen LogP contribution in [-0.2, 0) is 11.0 Å². The topological polar surface area (TPSA) is 46.5 Å². The number of hydrogen-bond acceptors (Lipinski definition) is 4. The van der Waals surface area contributed by atoms with E-state index in [1.807, 2.05) is 26.0 Å². The molecule has 2 aromatic carbocycles. The van der Waals surface area contributed by atoms with Crippen LogP contribution in [0.4, 0.5) is 13.2 Å². The van der Waals surface area contributed by atoms with Crippen LogP contribution in [0.5, 0.6) is 5.75 Å². The monoisotopic (exact) mass is 414 g/mol. The molecule has 0 fully saturated rings. The maximum Gasteiger partial charge on any atom is 0.416 e. The summed E-state index contributed by atoms with van der Waals surface area (Å²) in [5, 5.41) is 7.00. The minimum atomic E-state index is -4.45. The normalized spacial score (nSPS) is 12.0. The Bertz CT molecular complexity index is 776. The molecule has 0 aliphatic heterocycles. The Hall–Kier alpha value is -1.99. The molecule has 0 radical (unpaired) electrons. The summed E-state index contributed by atoms with van der Waals surface area (Å²) in [5.74, 6) is 1.18. The second-order valence-electron chi connectivity index (χ2n) is 5.82. The minimum absolute atomic E-state index is 0.274. The van der Waals surface area contributed by atoms with Gasteiger partial charge >= 0.3 is 6.18 Å². The van der Waals surface area contributed by atoms with Gasteiger partial charge in [-0.1, -0.05) is 19.9 Å². The zero-order valence-corrected chi connectivity index (χ0v) is 17.2. The molecule has 2 aromatic rings. The summed E-state index contributed by atoms with van der Waals surface area (Å²) in [5.41, 5.74) is 1.11. The summed E-state index contributed by atoms with van der Waals surface area (Å²) >= 11 is 1.67. The molecule has 0 aromatic heterocycles. The molecule has 0 spiro atoms. The minimum Gasteiger partial charge on any atom is -0.482 e. The van der Waals surface area contributed by atoms with E-state index in [9.17, 15) is 18.0 Å². The van der Waals surface area contributed by atoms with E-state index >= 15 is 0 Å². The first-order chi connectivity index (χ1) is 13.3. The molecular formula is C21H25F3O3S. The predicted molar refractivity (Wildman–Crippen MR) is 107 cm³/mol. The van der Waals surface area contributed by atoms with Crippen LogP contribution in [0, 0.1) is 6.92 Å². The largest absolute Gasteiger partial charge is 0.482 e. The number of carbonyl (C=O) groups excluding carboxylic acids is 1. The van der Waals surface area contributed by atoms with Crippen molar-refractivity contribution in [3.63, 3.8) is 0 Å². The number of benzene rings is 2. The van der Waals surface area contributed by atoms with Crippen molar-refractivity contribution in [3.8, 4) is 16.9 Å². The Morgan fingerprint density at radius 3 is 2.29 bits per heavy atom. The lowest BCUT2D eigenvalue weighted by molar-refractivity contribution is -0.137. The Morgan fingerprint density at radius 1 is 1.11 bits per heavy atom. The number of rotatable bonds is 7. The molecule has 0 saturated carbocycles. The van der Waals surface area contributed by atoms with Gasteiger partial charge in [-0.25, -0.2) is 0 Å². The first-order valence-corrected chi connectivity index (χ1v) is 9.80. The van der Waals surface area contributed by atoms with E-state index < -0.39 is 17.8 Å². The molecule has 0 aliphatic carbocycles. The van der Waals surface area contributed by atoms with Crippen LogP contribution < -0.4 is 4.74 Å². The first-order valence-electron chi connectivity index (χ1n) is 8.81. The van der Waals surface area contributed by atoms with Crippen molar-refractivity contribution in [1.29, 1.82) is 0 Å². The van der Waals surface area contributed by atoms with Gasteiger partial charge in [0.1, 0.15) is 5.75 Å². The van der Waals surface area contributed by atoms with E-state index in [0.717, 1.165) is 35.5 Å². The number of ether oxygens (including phenoxy) is 1. The number of aldehydes is 1. The summed E-state index contributed by atoms with van der Waals surface area (Å²) < 4.78 is 45.2. The van der Waals surface area contributed by atoms with Gasteiger partial charge in [0.25, 0.3) is 0 Å². The lowest BCUT2D eigenvalue weighted by Gasteiger charge is -2.19. The zero-order chi connectivity index (χ0) is 21.3. The number of thioether (sulfide) groups is 1. The quantitative estimate of drug-likeness (QED) is 0.462. The Kier molecular flexibility index (Phi) is 9.55. The van der Waals surface area contributed by atoms with Crippen LogP contribution in [0.15, 0.2) is 41.3 Å². The van der Waals surface area contributed by atoms with Crippen LogP contribution in [0.25, 0.3) is 11.1 Å². The highest BCUT2D eigenvalue weighted by Gasteiger charge is 2.31. The lowest BCUT2D eigenvalue weighted by atomic mass is 9.97. The average Bonchev–Trinajstić information content (AvgIpc) is 2.67. The van der Waals surface area contributed by atoms with Gasteiger partial charge in [0, 0.05) is 17.6 Å². The predicted octanol–water partition coefficient (Wildman–Crippen LogP) is 5.76. The number of aryl methyl sites for hydroxylation is 1. The van der Waals surface area contributed by atoms with Crippen LogP contribution >= 0.6 is 11.8 Å². The Morgan fingerprint density at radius 2 is 1.79 bits per heavy atom. The van der Waals surface area contributed by atoms with Crippen molar-refractivity contribution < 1.29 is 27.8 Å². The van der Waals surface area contributed by atoms with Crippen molar-refractivity contribution in [2.24, 2.45) is 0 Å². The van der Waals surface area contributed by atoms with Gasteiger partial charge in [-0.3, -0.25) is 4.79 Å². The van der Waals surface area contributed by atoms with Gasteiger partial charge in [0.2, 0.25) is 0 Å². The molecule has 28 heavy (non-hydrogen) atoms. The summed E-state index contributed by atoms with van der Waals surface area (Å²) in [6.45, 7) is 5.68. The number of halogens is 3. The number of aliphatic hydroxyl groups excluding tert-OH is 1. The van der Waals surface area contributed by atoms with E-state index in [2.05, 4.69) is 0 Å². The average molecular weight is 414 g/mol. The number of carbonyl (C=O) groups is 1. The first kappa shape index (κ1) is 24.0. The van der Waals surface area contributed by atoms with Gasteiger partial charge < -0.3 is 9.84 Å². The third-order valence-electron chi connectivity index (χ3n) is 3.94. The standard InChI is InChI=1S/C20H21F3O2S.CH4O/c1-4-15(12-24)25-19-9-6-14(20(21,22)23)11-18(19)17-8-7-16(26-5-2)10-13(17)3;1-2/h6-12,15H,4-5H2,1-3H3;2H,1H3. The molecule has 7 heteroatoms. The van der Waals surface area contributed by atoms with Crippen molar-refractivity contribution in [2.75, 3.05) is 12.9 Å². The molecule has 0 heterocycles. The van der Waals surface area contributed by atoms with Crippen LogP contribution in [-0.4, -0.2) is 30.4 Å². The fourth-order valence-corrected chi connectivity index (χ4v) is 3.34. The highest BCUT2D eigenvalue weighted by molar-refractivity contribution is 7.99. The zero-order valence-electron chi connectivity index (χ0n) is 16.3. The molecule has 3 nitrogen and oxygen atoms in total. The van der Waals surface area contributed by atoms with Crippen LogP contribution in [0.1, 0.15) is 31.4 Å². The summed E-state index contributed by atoms with van der Waals surface area (Å²) in [4.78, 5) is 12.1. The fourth-order valence-electron chi connectivity index (χ4n) is 2.58. The van der Waals surface area contributed by atoms with E-state index in [1.54, 1.807) is 24.8 Å². The SMILES string of the molecule is CCSc1ccc(-c2cc(C(F)(F)F)ccc2OC(C=O)CC)c(C)c1.CO. The third kappa shape index (κ3) is 6.27. The van der Waals surface area contributed by atoms with Crippen molar-refractivity contribution in [2.45, 2.75) is 44.4 Å². The maximum absolute atomic E-state index is 13.2. The second kappa shape index (κ2) is 11.1. The maximum atomic E-state index is 13.2. The van der Waals surface area contributed by atoms with Crippen molar-refractivity contribution in [3.05, 3.63) is 47.5 Å². The molecule has 0 amide bonds. The van der Waals surface area contributed by atoms with Crippen LogP contribution in [0.3, 0.4) is 0 Å². The summed E-state index contributed by atoms with van der Waals surface area (Å²) in [6.07, 6.45) is -4.04. The van der Waals surface area contributed by atoms with Gasteiger partial charge in [-0.15, -0.1) is 11.8 Å². The highest BCUT2D eigenvalue weighted by atomic mass is 32.2. The molecule has 1 N–H and O–H groups in total. The van der Waals surface area contributed by atoms with Gasteiger partial charge in [-0.05, 0) is 60.6 Å². The lowest BCUT2D eigenvalue weighted by Crippen LogP contribution is -2.17. The molecule has 0 bridgehead atoms. The van der Waals surface area contributed by atoms with E-state index in [0.29, 0.717) is 23.8 Å². The molecule has 154 valence electrons. The highest BCUT2D eigenvalue weighted by Crippen LogP contribution is 2.39. The fraction of sp³-hybridized carbons (Fsp3) is 0.381. The second-order valence-corrected chi connectivity index (χ2v) is 7.16. The van der Waals surface area contributed by atoms with E-state index in [1.165, 1.54) is 6.07 Å². The van der Waals surface area contributed by atoms with Gasteiger partial charge in [-0.2, -0.15) is 13.2 Å². The van der Waals surface area contributed by atoms with Crippen LogP contribution in [0.2, 0.25) is 0 Å². The van der Waals surface area contributed by atoms with Crippen molar-refractivity contribution >= 4 is 18.0 Å².